The second-order valence-corrected chi connectivity index (χ2v) is 12.2. The summed E-state index contributed by atoms with van der Waals surface area (Å²) in [6, 6.07) is 0. The Labute approximate surface area is 249 Å². The molecule has 0 aromatic carbocycles. The maximum Gasteiger partial charge on any atom is 0.293 e. The average molecular weight is 573 g/mol. The summed E-state index contributed by atoms with van der Waals surface area (Å²) in [6.45, 7) is 12.4. The number of Topliss-reactive ketones (excluding diaryl/α,β-unsaturated/α-hetero) is 2. The SMILES string of the molecule is CC/C(C)=C/C=C/C=C/[C@@H](C)CC(C)C(=O)CC(O)/C(C)=C/CC(=O)C[C@H](OC=O)[C@H](C)CC1CCCC(OC)C1. The van der Waals surface area contributed by atoms with Gasteiger partial charge in [-0.2, -0.15) is 0 Å². The number of carbonyl (C=O) groups excluding carboxylic acids is 3. The summed E-state index contributed by atoms with van der Waals surface area (Å²) in [5.41, 5.74) is 1.94. The lowest BCUT2D eigenvalue weighted by Crippen LogP contribution is -2.29. The van der Waals surface area contributed by atoms with E-state index in [1.807, 2.05) is 32.1 Å². The minimum Gasteiger partial charge on any atom is -0.464 e. The van der Waals surface area contributed by atoms with E-state index in [0.717, 1.165) is 38.5 Å². The van der Waals surface area contributed by atoms with Crippen molar-refractivity contribution in [2.45, 2.75) is 124 Å². The van der Waals surface area contributed by atoms with Gasteiger partial charge >= 0.3 is 0 Å². The predicted octanol–water partition coefficient (Wildman–Crippen LogP) is 7.51. The van der Waals surface area contributed by atoms with Crippen LogP contribution in [-0.2, 0) is 23.9 Å². The highest BCUT2D eigenvalue weighted by molar-refractivity contribution is 5.82. The van der Waals surface area contributed by atoms with Crippen molar-refractivity contribution in [2.24, 2.45) is 23.7 Å². The molecule has 0 aromatic heterocycles. The molecule has 0 aliphatic heterocycles. The van der Waals surface area contributed by atoms with Gasteiger partial charge in [-0.1, -0.05) is 82.6 Å². The summed E-state index contributed by atoms with van der Waals surface area (Å²) >= 11 is 0. The van der Waals surface area contributed by atoms with Gasteiger partial charge in [0.2, 0.25) is 0 Å². The van der Waals surface area contributed by atoms with Crippen molar-refractivity contribution in [2.75, 3.05) is 7.11 Å². The van der Waals surface area contributed by atoms with E-state index in [-0.39, 0.29) is 54.7 Å². The summed E-state index contributed by atoms with van der Waals surface area (Å²) in [5.74, 6) is 0.599. The van der Waals surface area contributed by atoms with Gasteiger partial charge < -0.3 is 14.6 Å². The predicted molar refractivity (Wildman–Crippen MR) is 166 cm³/mol. The number of ketones is 2. The van der Waals surface area contributed by atoms with Crippen molar-refractivity contribution in [3.05, 3.63) is 47.6 Å². The topological polar surface area (TPSA) is 89.9 Å². The fourth-order valence-electron chi connectivity index (χ4n) is 5.50. The Morgan fingerprint density at radius 2 is 1.78 bits per heavy atom. The molecular weight excluding hydrogens is 516 g/mol. The van der Waals surface area contributed by atoms with Crippen LogP contribution >= 0.6 is 0 Å². The van der Waals surface area contributed by atoms with Crippen molar-refractivity contribution in [3.63, 3.8) is 0 Å². The van der Waals surface area contributed by atoms with Gasteiger partial charge in [-0.25, -0.2) is 0 Å². The molecule has 232 valence electrons. The van der Waals surface area contributed by atoms with E-state index in [4.69, 9.17) is 9.47 Å². The normalized spacial score (nSPS) is 22.3. The second-order valence-electron chi connectivity index (χ2n) is 12.2. The fraction of sp³-hybridized carbons (Fsp3) is 0.686. The number of allylic oxidation sites excluding steroid dienone is 7. The molecule has 0 saturated heterocycles. The minimum atomic E-state index is -0.916. The van der Waals surface area contributed by atoms with Crippen LogP contribution < -0.4 is 0 Å². The van der Waals surface area contributed by atoms with E-state index in [1.165, 1.54) is 5.57 Å². The highest BCUT2D eigenvalue weighted by Crippen LogP contribution is 2.32. The van der Waals surface area contributed by atoms with E-state index < -0.39 is 12.2 Å². The number of aliphatic hydroxyl groups is 1. The van der Waals surface area contributed by atoms with Crippen molar-refractivity contribution < 1.29 is 29.0 Å². The van der Waals surface area contributed by atoms with Crippen LogP contribution in [0.5, 0.6) is 0 Å². The minimum absolute atomic E-state index is 0.0144. The van der Waals surface area contributed by atoms with Gasteiger partial charge in [0.15, 0.2) is 0 Å². The summed E-state index contributed by atoms with van der Waals surface area (Å²) in [6.07, 6.45) is 18.1. The molecule has 1 fully saturated rings. The Morgan fingerprint density at radius 1 is 1.05 bits per heavy atom. The van der Waals surface area contributed by atoms with Crippen LogP contribution in [0, 0.1) is 23.7 Å². The zero-order valence-corrected chi connectivity index (χ0v) is 26.6. The van der Waals surface area contributed by atoms with E-state index >= 15 is 0 Å². The lowest BCUT2D eigenvalue weighted by Gasteiger charge is -2.31. The van der Waals surface area contributed by atoms with E-state index in [9.17, 15) is 19.5 Å². The van der Waals surface area contributed by atoms with Crippen LogP contribution in [-0.4, -0.2) is 48.6 Å². The van der Waals surface area contributed by atoms with Gasteiger partial charge in [0, 0.05) is 32.3 Å². The van der Waals surface area contributed by atoms with Crippen molar-refractivity contribution in [1.82, 2.24) is 0 Å². The summed E-state index contributed by atoms with van der Waals surface area (Å²) in [7, 11) is 1.75. The Balaban J connectivity index is 2.54. The van der Waals surface area contributed by atoms with Crippen molar-refractivity contribution in [3.8, 4) is 0 Å². The molecule has 1 saturated carbocycles. The van der Waals surface area contributed by atoms with Crippen molar-refractivity contribution >= 4 is 18.0 Å². The number of methoxy groups -OCH3 is 1. The monoisotopic (exact) mass is 572 g/mol. The van der Waals surface area contributed by atoms with E-state index in [2.05, 4.69) is 32.9 Å². The second kappa shape index (κ2) is 20.5. The lowest BCUT2D eigenvalue weighted by atomic mass is 9.80. The molecule has 7 atom stereocenters. The first-order valence-electron chi connectivity index (χ1n) is 15.5. The number of aliphatic hydroxyl groups excluding tert-OH is 1. The largest absolute Gasteiger partial charge is 0.464 e. The van der Waals surface area contributed by atoms with Gasteiger partial charge in [-0.3, -0.25) is 14.4 Å². The van der Waals surface area contributed by atoms with E-state index in [0.29, 0.717) is 24.4 Å². The molecule has 41 heavy (non-hydrogen) atoms. The molecule has 0 radical (unpaired) electrons. The van der Waals surface area contributed by atoms with Gasteiger partial charge in [0.05, 0.1) is 12.2 Å². The number of rotatable bonds is 20. The summed E-state index contributed by atoms with van der Waals surface area (Å²) < 4.78 is 10.9. The third-order valence-corrected chi connectivity index (χ3v) is 8.51. The molecule has 6 nitrogen and oxygen atoms in total. The van der Waals surface area contributed by atoms with Crippen molar-refractivity contribution in [1.29, 1.82) is 0 Å². The van der Waals surface area contributed by atoms with Gasteiger partial charge in [0.25, 0.3) is 6.47 Å². The molecule has 1 N–H and O–H groups in total. The van der Waals surface area contributed by atoms with Crippen LogP contribution in [0.3, 0.4) is 0 Å². The molecule has 1 aliphatic rings. The van der Waals surface area contributed by atoms with Crippen LogP contribution in [0.25, 0.3) is 0 Å². The molecule has 1 rings (SSSR count). The first-order valence-corrected chi connectivity index (χ1v) is 15.5. The van der Waals surface area contributed by atoms with Gasteiger partial charge in [-0.05, 0) is 69.3 Å². The van der Waals surface area contributed by atoms with Crippen LogP contribution in [0.2, 0.25) is 0 Å². The Kier molecular flexibility index (Phi) is 18.4. The molecule has 0 amide bonds. The zero-order valence-electron chi connectivity index (χ0n) is 26.6. The average Bonchev–Trinajstić information content (AvgIpc) is 2.95. The standard InChI is InChI=1S/C35H56O6/c1-8-25(2)13-10-9-11-14-26(3)19-28(5)34(39)23-33(38)27(4)17-18-31(37)22-35(41-24-36)29(6)20-30-15-12-16-32(21-30)40-7/h9-11,13-14,17,24,26,28-30,32-33,35,38H,8,12,15-16,18-23H2,1-7H3/b10-9+,14-11+,25-13+,27-17+/t26-,28?,29-,30?,32?,33?,35+/m1/s1. The van der Waals surface area contributed by atoms with Crippen LogP contribution in [0.4, 0.5) is 0 Å². The summed E-state index contributed by atoms with van der Waals surface area (Å²) in [5, 5.41) is 10.6. The van der Waals surface area contributed by atoms with E-state index in [1.54, 1.807) is 20.1 Å². The molecule has 0 aromatic rings. The quantitative estimate of drug-likeness (QED) is 0.0923. The number of hydrogen-bond donors (Lipinski definition) is 1. The Hall–Kier alpha value is -2.31. The maximum atomic E-state index is 12.8. The Morgan fingerprint density at radius 3 is 2.44 bits per heavy atom. The van der Waals surface area contributed by atoms with Crippen LogP contribution in [0.1, 0.15) is 106 Å². The fourth-order valence-corrected chi connectivity index (χ4v) is 5.50. The molecule has 1 aliphatic carbocycles. The highest BCUT2D eigenvalue weighted by Gasteiger charge is 2.28. The van der Waals surface area contributed by atoms with Gasteiger partial charge in [-0.15, -0.1) is 0 Å². The lowest BCUT2D eigenvalue weighted by molar-refractivity contribution is -0.139. The maximum absolute atomic E-state index is 12.8. The molecule has 4 unspecified atom stereocenters. The first kappa shape index (κ1) is 36.7. The number of hydrogen-bond acceptors (Lipinski definition) is 6. The molecule has 0 bridgehead atoms. The van der Waals surface area contributed by atoms with Crippen LogP contribution in [0.15, 0.2) is 47.6 Å². The number of ether oxygens (including phenoxy) is 2. The molecular formula is C35H56O6. The zero-order chi connectivity index (χ0) is 30.8. The number of carbonyl (C=O) groups is 3. The first-order chi connectivity index (χ1) is 19.5. The third kappa shape index (κ3) is 15.5. The smallest absolute Gasteiger partial charge is 0.293 e. The molecule has 0 heterocycles. The summed E-state index contributed by atoms with van der Waals surface area (Å²) in [4.78, 5) is 36.7. The molecule has 0 spiro atoms. The Bertz CT molecular complexity index is 914. The molecule has 6 heteroatoms. The highest BCUT2D eigenvalue weighted by atomic mass is 16.5. The third-order valence-electron chi connectivity index (χ3n) is 8.51. The van der Waals surface area contributed by atoms with Gasteiger partial charge in [0.1, 0.15) is 17.7 Å².